The second-order valence-corrected chi connectivity index (χ2v) is 12.9. The number of rotatable bonds is 34. The van der Waals surface area contributed by atoms with Gasteiger partial charge in [0.2, 0.25) is 12.6 Å². The molecule has 0 bridgehead atoms. The number of aliphatic hydroxyl groups excluding tert-OH is 3. The molecule has 270 valence electrons. The van der Waals surface area contributed by atoms with Crippen molar-refractivity contribution in [3.05, 3.63) is 24.3 Å². The first-order valence-electron chi connectivity index (χ1n) is 19.2. The van der Waals surface area contributed by atoms with E-state index in [-0.39, 0.29) is 12.8 Å². The molecule has 0 radical (unpaired) electrons. The Morgan fingerprint density at radius 2 is 0.696 bits per heavy atom. The lowest BCUT2D eigenvalue weighted by atomic mass is 10.1. The zero-order valence-electron chi connectivity index (χ0n) is 29.8. The van der Waals surface area contributed by atoms with Crippen LogP contribution in [0.2, 0.25) is 0 Å². The second kappa shape index (κ2) is 34.6. The molecule has 0 spiro atoms. The fourth-order valence-corrected chi connectivity index (χ4v) is 5.35. The highest BCUT2D eigenvalue weighted by molar-refractivity contribution is 5.70. The maximum Gasteiger partial charge on any atom is 0.308 e. The summed E-state index contributed by atoms with van der Waals surface area (Å²) in [5.74, 6) is -1.31. The van der Waals surface area contributed by atoms with Crippen LogP contribution in [-0.4, -0.2) is 45.9 Å². The van der Waals surface area contributed by atoms with Crippen molar-refractivity contribution in [2.24, 2.45) is 0 Å². The number of ether oxygens (including phenoxy) is 2. The Balaban J connectivity index is 3.70. The first-order chi connectivity index (χ1) is 22.4. The molecular formula is C39H72O7. The van der Waals surface area contributed by atoms with Crippen LogP contribution < -0.4 is 0 Å². The van der Waals surface area contributed by atoms with Gasteiger partial charge in [-0.15, -0.1) is 0 Å². The van der Waals surface area contributed by atoms with Crippen molar-refractivity contribution in [2.45, 2.75) is 212 Å². The molecule has 0 rings (SSSR count). The van der Waals surface area contributed by atoms with Gasteiger partial charge in [0.1, 0.15) is 0 Å². The van der Waals surface area contributed by atoms with Gasteiger partial charge in [-0.05, 0) is 64.2 Å². The third-order valence-corrected chi connectivity index (χ3v) is 8.37. The van der Waals surface area contributed by atoms with Gasteiger partial charge in [0, 0.05) is 12.8 Å². The molecule has 0 aromatic carbocycles. The summed E-state index contributed by atoms with van der Waals surface area (Å²) in [4.78, 5) is 24.0. The van der Waals surface area contributed by atoms with Crippen LogP contribution in [0, 0.1) is 0 Å². The molecule has 46 heavy (non-hydrogen) atoms. The van der Waals surface area contributed by atoms with E-state index < -0.39 is 30.6 Å². The quantitative estimate of drug-likeness (QED) is 0.0274. The van der Waals surface area contributed by atoms with Gasteiger partial charge in [-0.1, -0.05) is 141 Å². The fraction of sp³-hybridized carbons (Fsp3) is 0.846. The highest BCUT2D eigenvalue weighted by atomic mass is 16.7. The highest BCUT2D eigenvalue weighted by Gasteiger charge is 2.30. The van der Waals surface area contributed by atoms with Crippen LogP contribution in [0.5, 0.6) is 0 Å². The predicted molar refractivity (Wildman–Crippen MR) is 189 cm³/mol. The Hall–Kier alpha value is -1.70. The highest BCUT2D eigenvalue weighted by Crippen LogP contribution is 2.14. The number of hydrogen-bond acceptors (Lipinski definition) is 7. The lowest BCUT2D eigenvalue weighted by Crippen LogP contribution is -2.42. The summed E-state index contributed by atoms with van der Waals surface area (Å²) in [6.45, 7) is 4.48. The fourth-order valence-electron chi connectivity index (χ4n) is 5.35. The van der Waals surface area contributed by atoms with E-state index in [4.69, 9.17) is 9.47 Å². The van der Waals surface area contributed by atoms with Gasteiger partial charge in [0.25, 0.3) is 0 Å². The smallest absolute Gasteiger partial charge is 0.308 e. The maximum absolute atomic E-state index is 12.0. The Bertz CT molecular complexity index is 676. The Labute approximate surface area is 282 Å². The third-order valence-electron chi connectivity index (χ3n) is 8.37. The summed E-state index contributed by atoms with van der Waals surface area (Å²) >= 11 is 0. The molecular weight excluding hydrogens is 580 g/mol. The average Bonchev–Trinajstić information content (AvgIpc) is 3.04. The zero-order valence-corrected chi connectivity index (χ0v) is 29.8. The molecule has 0 aromatic rings. The standard InChI is InChI=1S/C39H72O7/c1-3-5-7-9-11-13-15-17-19-21-23-25-27-29-31-33-35(40)45-38(43)37(42)39(44)46-36(41)34-32-30-28-26-24-22-20-18-16-14-12-10-8-6-4-2/h17-20,37-39,42-44H,3-16,21-34H2,1-2H3/b19-17-,20-18-. The van der Waals surface area contributed by atoms with Crippen LogP contribution in [0.1, 0.15) is 194 Å². The minimum atomic E-state index is -1.96. The number of carbonyl (C=O) groups is 2. The van der Waals surface area contributed by atoms with E-state index in [9.17, 15) is 24.9 Å². The van der Waals surface area contributed by atoms with Crippen molar-refractivity contribution >= 4 is 11.9 Å². The van der Waals surface area contributed by atoms with Crippen molar-refractivity contribution in [3.8, 4) is 0 Å². The number of esters is 2. The molecule has 0 aliphatic carbocycles. The zero-order chi connectivity index (χ0) is 33.9. The van der Waals surface area contributed by atoms with E-state index >= 15 is 0 Å². The minimum absolute atomic E-state index is 0.118. The molecule has 0 aromatic heterocycles. The second-order valence-electron chi connectivity index (χ2n) is 12.9. The van der Waals surface area contributed by atoms with Crippen molar-refractivity contribution in [3.63, 3.8) is 0 Å². The SMILES string of the molecule is CCCCCCCC/C=C\CCCCCCCC(=O)OC(O)C(O)C(O)OC(=O)CCCCCCC/C=C\CCCCCCCC. The normalized spacial score (nSPS) is 13.8. The molecule has 0 amide bonds. The summed E-state index contributed by atoms with van der Waals surface area (Å²) in [7, 11) is 0. The van der Waals surface area contributed by atoms with Crippen molar-refractivity contribution in [1.29, 1.82) is 0 Å². The molecule has 7 heteroatoms. The average molecular weight is 653 g/mol. The van der Waals surface area contributed by atoms with E-state index in [0.29, 0.717) is 12.8 Å². The Morgan fingerprint density at radius 3 is 1.00 bits per heavy atom. The van der Waals surface area contributed by atoms with Crippen LogP contribution in [0.3, 0.4) is 0 Å². The van der Waals surface area contributed by atoms with Gasteiger partial charge in [-0.3, -0.25) is 9.59 Å². The van der Waals surface area contributed by atoms with Crippen LogP contribution in [0.15, 0.2) is 24.3 Å². The van der Waals surface area contributed by atoms with Gasteiger partial charge in [0.15, 0.2) is 6.10 Å². The number of unbranched alkanes of at least 4 members (excludes halogenated alkanes) is 22. The number of allylic oxidation sites excluding steroid dienone is 4. The molecule has 0 fully saturated rings. The number of aliphatic hydroxyl groups is 3. The lowest BCUT2D eigenvalue weighted by Gasteiger charge is -2.22. The van der Waals surface area contributed by atoms with Crippen molar-refractivity contribution in [2.75, 3.05) is 0 Å². The maximum atomic E-state index is 12.0. The van der Waals surface area contributed by atoms with Crippen molar-refractivity contribution < 1.29 is 34.4 Å². The molecule has 7 nitrogen and oxygen atoms in total. The van der Waals surface area contributed by atoms with E-state index in [2.05, 4.69) is 38.2 Å². The van der Waals surface area contributed by atoms with E-state index in [0.717, 1.165) is 64.2 Å². The van der Waals surface area contributed by atoms with Gasteiger partial charge in [-0.2, -0.15) is 0 Å². The first-order valence-corrected chi connectivity index (χ1v) is 19.2. The summed E-state index contributed by atoms with van der Waals surface area (Å²) in [5.41, 5.74) is 0. The van der Waals surface area contributed by atoms with Crippen molar-refractivity contribution in [1.82, 2.24) is 0 Å². The minimum Gasteiger partial charge on any atom is -0.433 e. The molecule has 0 saturated heterocycles. The largest absolute Gasteiger partial charge is 0.433 e. The van der Waals surface area contributed by atoms with Crippen LogP contribution in [0.25, 0.3) is 0 Å². The summed E-state index contributed by atoms with van der Waals surface area (Å²) in [6.07, 6.45) is 33.5. The molecule has 2 unspecified atom stereocenters. The molecule has 0 heterocycles. The Kier molecular flexibility index (Phi) is 33.3. The first kappa shape index (κ1) is 44.3. The number of carbonyl (C=O) groups excluding carboxylic acids is 2. The molecule has 0 saturated carbocycles. The molecule has 0 aliphatic heterocycles. The topological polar surface area (TPSA) is 113 Å². The monoisotopic (exact) mass is 653 g/mol. The van der Waals surface area contributed by atoms with E-state index in [1.54, 1.807) is 0 Å². The van der Waals surface area contributed by atoms with Gasteiger partial charge in [-0.25, -0.2) is 0 Å². The third kappa shape index (κ3) is 30.9. The number of hydrogen-bond donors (Lipinski definition) is 3. The summed E-state index contributed by atoms with van der Waals surface area (Å²) < 4.78 is 9.65. The Morgan fingerprint density at radius 1 is 0.435 bits per heavy atom. The van der Waals surface area contributed by atoms with Gasteiger partial charge < -0.3 is 24.8 Å². The summed E-state index contributed by atoms with van der Waals surface area (Å²) in [6, 6.07) is 0. The van der Waals surface area contributed by atoms with Crippen LogP contribution in [-0.2, 0) is 19.1 Å². The van der Waals surface area contributed by atoms with Gasteiger partial charge in [0.05, 0.1) is 0 Å². The van der Waals surface area contributed by atoms with E-state index in [1.165, 1.54) is 89.9 Å². The lowest BCUT2D eigenvalue weighted by molar-refractivity contribution is -0.237. The van der Waals surface area contributed by atoms with E-state index in [1.807, 2.05) is 0 Å². The van der Waals surface area contributed by atoms with Crippen LogP contribution >= 0.6 is 0 Å². The van der Waals surface area contributed by atoms with Crippen LogP contribution in [0.4, 0.5) is 0 Å². The molecule has 2 atom stereocenters. The predicted octanol–water partition coefficient (Wildman–Crippen LogP) is 10.1. The molecule has 3 N–H and O–H groups in total. The molecule has 0 aliphatic rings. The summed E-state index contributed by atoms with van der Waals surface area (Å²) in [5, 5.41) is 29.9. The van der Waals surface area contributed by atoms with Gasteiger partial charge >= 0.3 is 11.9 Å².